The third-order valence-corrected chi connectivity index (χ3v) is 6.80. The van der Waals surface area contributed by atoms with Crippen LogP contribution in [0.2, 0.25) is 4.34 Å². The van der Waals surface area contributed by atoms with E-state index >= 15 is 0 Å². The highest BCUT2D eigenvalue weighted by molar-refractivity contribution is 9.10. The molecule has 2 aromatic rings. The predicted octanol–water partition coefficient (Wildman–Crippen LogP) is 4.90. The van der Waals surface area contributed by atoms with E-state index in [0.717, 1.165) is 14.9 Å². The van der Waals surface area contributed by atoms with E-state index in [9.17, 15) is 8.42 Å². The minimum atomic E-state index is -3.18. The molecule has 0 radical (unpaired) electrons. The maximum absolute atomic E-state index is 11.4. The Labute approximate surface area is 134 Å². The standard InChI is InChI=1S/C12H9BrCl2O2S2/c1-19(16,17)8-4-2-7(3-5-8)11(14)10-6-9(13)12(15)18-10/h2-6,11H,1H3. The van der Waals surface area contributed by atoms with Crippen LogP contribution in [0.15, 0.2) is 39.7 Å². The molecule has 0 aliphatic heterocycles. The molecule has 0 saturated heterocycles. The molecule has 0 fully saturated rings. The van der Waals surface area contributed by atoms with Crippen LogP contribution in [0.1, 0.15) is 15.8 Å². The topological polar surface area (TPSA) is 34.1 Å². The number of alkyl halides is 1. The molecule has 0 aliphatic rings. The molecule has 0 amide bonds. The molecule has 1 heterocycles. The fraction of sp³-hybridized carbons (Fsp3) is 0.167. The summed E-state index contributed by atoms with van der Waals surface area (Å²) < 4.78 is 24.2. The lowest BCUT2D eigenvalue weighted by Crippen LogP contribution is -1.98. The third-order valence-electron chi connectivity index (χ3n) is 2.51. The van der Waals surface area contributed by atoms with Gasteiger partial charge in [-0.3, -0.25) is 0 Å². The fourth-order valence-corrected chi connectivity index (χ4v) is 4.25. The van der Waals surface area contributed by atoms with Gasteiger partial charge in [0.15, 0.2) is 9.84 Å². The zero-order valence-corrected chi connectivity index (χ0v) is 14.5. The van der Waals surface area contributed by atoms with Gasteiger partial charge in [0, 0.05) is 15.6 Å². The van der Waals surface area contributed by atoms with Crippen LogP contribution < -0.4 is 0 Å². The number of thiophene rings is 1. The summed E-state index contributed by atoms with van der Waals surface area (Å²) in [5, 5.41) is -0.345. The third kappa shape index (κ3) is 3.52. The van der Waals surface area contributed by atoms with Gasteiger partial charge in [0.2, 0.25) is 0 Å². The molecule has 0 aliphatic carbocycles. The SMILES string of the molecule is CS(=O)(=O)c1ccc(C(Cl)c2cc(Br)c(Cl)s2)cc1. The van der Waals surface area contributed by atoms with Crippen molar-refractivity contribution in [1.29, 1.82) is 0 Å². The van der Waals surface area contributed by atoms with Gasteiger partial charge in [0.25, 0.3) is 0 Å². The van der Waals surface area contributed by atoms with Crippen molar-refractivity contribution < 1.29 is 8.42 Å². The molecule has 7 heteroatoms. The maximum Gasteiger partial charge on any atom is 0.175 e. The van der Waals surface area contributed by atoms with E-state index < -0.39 is 9.84 Å². The molecule has 2 rings (SSSR count). The number of halogens is 3. The number of hydrogen-bond donors (Lipinski definition) is 0. The largest absolute Gasteiger partial charge is 0.224 e. The Kier molecular flexibility index (Phi) is 4.63. The van der Waals surface area contributed by atoms with Crippen LogP contribution in [0, 0.1) is 0 Å². The number of sulfone groups is 1. The Hall–Kier alpha value is -0.0700. The lowest BCUT2D eigenvalue weighted by Gasteiger charge is -2.08. The summed E-state index contributed by atoms with van der Waals surface area (Å²) in [6, 6.07) is 8.43. The molecule has 0 bridgehead atoms. The first-order valence-corrected chi connectivity index (χ1v) is 9.49. The summed E-state index contributed by atoms with van der Waals surface area (Å²) in [4.78, 5) is 1.19. The van der Waals surface area contributed by atoms with E-state index in [1.807, 2.05) is 6.07 Å². The monoisotopic (exact) mass is 398 g/mol. The van der Waals surface area contributed by atoms with Gasteiger partial charge in [-0.25, -0.2) is 8.42 Å². The minimum Gasteiger partial charge on any atom is -0.224 e. The van der Waals surface area contributed by atoms with Gasteiger partial charge in [-0.1, -0.05) is 23.7 Å². The van der Waals surface area contributed by atoms with E-state index in [0.29, 0.717) is 4.34 Å². The predicted molar refractivity (Wildman–Crippen MR) is 84.3 cm³/mol. The van der Waals surface area contributed by atoms with E-state index in [1.165, 1.54) is 17.6 Å². The minimum absolute atomic E-state index is 0.283. The van der Waals surface area contributed by atoms with Crippen molar-refractivity contribution >= 4 is 60.3 Å². The van der Waals surface area contributed by atoms with Crippen LogP contribution in [0.25, 0.3) is 0 Å². The average molecular weight is 400 g/mol. The van der Waals surface area contributed by atoms with Crippen molar-refractivity contribution in [3.05, 3.63) is 49.6 Å². The van der Waals surface area contributed by atoms with Gasteiger partial charge in [0.05, 0.1) is 10.3 Å². The summed E-state index contributed by atoms with van der Waals surface area (Å²) in [5.74, 6) is 0. The van der Waals surface area contributed by atoms with Crippen LogP contribution in [0.3, 0.4) is 0 Å². The van der Waals surface area contributed by atoms with Crippen molar-refractivity contribution in [2.45, 2.75) is 10.3 Å². The molecule has 2 nitrogen and oxygen atoms in total. The first-order valence-electron chi connectivity index (χ1n) is 5.18. The summed E-state index contributed by atoms with van der Waals surface area (Å²) in [6.07, 6.45) is 1.18. The molecule has 102 valence electrons. The molecular formula is C12H9BrCl2O2S2. The van der Waals surface area contributed by atoms with Crippen molar-refractivity contribution in [1.82, 2.24) is 0 Å². The molecule has 0 saturated carbocycles. The molecule has 19 heavy (non-hydrogen) atoms. The zero-order chi connectivity index (χ0) is 14.2. The maximum atomic E-state index is 11.4. The number of hydrogen-bond acceptors (Lipinski definition) is 3. The van der Waals surface area contributed by atoms with Crippen LogP contribution >= 0.6 is 50.5 Å². The second-order valence-corrected chi connectivity index (χ2v) is 8.97. The molecule has 1 unspecified atom stereocenters. The lowest BCUT2D eigenvalue weighted by molar-refractivity contribution is 0.602. The Morgan fingerprint density at radius 1 is 1.26 bits per heavy atom. The van der Waals surface area contributed by atoms with Crippen LogP contribution in [0.4, 0.5) is 0 Å². The van der Waals surface area contributed by atoms with Gasteiger partial charge in [-0.15, -0.1) is 22.9 Å². The summed E-state index contributed by atoms with van der Waals surface area (Å²) in [6.45, 7) is 0. The molecule has 1 atom stereocenters. The molecule has 0 N–H and O–H groups in total. The quantitative estimate of drug-likeness (QED) is 0.688. The second kappa shape index (κ2) is 5.74. The number of rotatable bonds is 3. The van der Waals surface area contributed by atoms with E-state index in [-0.39, 0.29) is 10.3 Å². The zero-order valence-electron chi connectivity index (χ0n) is 9.73. The Bertz CT molecular complexity index is 674. The Morgan fingerprint density at radius 3 is 2.26 bits per heavy atom. The molecular weight excluding hydrogens is 391 g/mol. The molecule has 1 aromatic heterocycles. The summed E-state index contributed by atoms with van der Waals surface area (Å²) in [7, 11) is -3.18. The van der Waals surface area contributed by atoms with E-state index in [1.54, 1.807) is 24.3 Å². The van der Waals surface area contributed by atoms with Gasteiger partial charge in [-0.05, 0) is 39.7 Å². The van der Waals surface area contributed by atoms with Gasteiger partial charge >= 0.3 is 0 Å². The first-order chi connectivity index (χ1) is 8.79. The Balaban J connectivity index is 2.32. The molecule has 0 spiro atoms. The van der Waals surface area contributed by atoms with Crippen molar-refractivity contribution in [2.24, 2.45) is 0 Å². The van der Waals surface area contributed by atoms with E-state index in [4.69, 9.17) is 23.2 Å². The summed E-state index contributed by atoms with van der Waals surface area (Å²) >= 11 is 17.1. The summed E-state index contributed by atoms with van der Waals surface area (Å²) in [5.41, 5.74) is 0.833. The van der Waals surface area contributed by atoms with Crippen LogP contribution in [0.5, 0.6) is 0 Å². The first kappa shape index (κ1) is 15.3. The fourth-order valence-electron chi connectivity index (χ4n) is 1.54. The smallest absolute Gasteiger partial charge is 0.175 e. The Morgan fingerprint density at radius 2 is 1.84 bits per heavy atom. The van der Waals surface area contributed by atoms with E-state index in [2.05, 4.69) is 15.9 Å². The molecule has 1 aromatic carbocycles. The van der Waals surface area contributed by atoms with Gasteiger partial charge in [0.1, 0.15) is 4.34 Å². The van der Waals surface area contributed by atoms with Crippen LogP contribution in [-0.4, -0.2) is 14.7 Å². The van der Waals surface area contributed by atoms with Crippen molar-refractivity contribution in [2.75, 3.05) is 6.26 Å². The van der Waals surface area contributed by atoms with Crippen molar-refractivity contribution in [3.8, 4) is 0 Å². The highest BCUT2D eigenvalue weighted by Crippen LogP contribution is 2.40. The number of benzene rings is 1. The lowest BCUT2D eigenvalue weighted by atomic mass is 10.1. The van der Waals surface area contributed by atoms with Crippen LogP contribution in [-0.2, 0) is 9.84 Å². The van der Waals surface area contributed by atoms with Gasteiger partial charge < -0.3 is 0 Å². The highest BCUT2D eigenvalue weighted by Gasteiger charge is 2.16. The van der Waals surface area contributed by atoms with Gasteiger partial charge in [-0.2, -0.15) is 0 Å². The highest BCUT2D eigenvalue weighted by atomic mass is 79.9. The second-order valence-electron chi connectivity index (χ2n) is 3.97. The normalized spacial score (nSPS) is 13.5. The van der Waals surface area contributed by atoms with Crippen molar-refractivity contribution in [3.63, 3.8) is 0 Å². The average Bonchev–Trinajstić information content (AvgIpc) is 2.68.